The molecule has 0 bridgehead atoms. The molecule has 0 nitrogen and oxygen atoms in total. The zero-order valence-corrected chi connectivity index (χ0v) is 46.4. The van der Waals surface area contributed by atoms with Crippen LogP contribution in [0.2, 0.25) is 0 Å². The van der Waals surface area contributed by atoms with Crippen LogP contribution < -0.4 is 52.8 Å². The Labute approximate surface area is 469 Å². The molecule has 0 fully saturated rings. The van der Waals surface area contributed by atoms with E-state index >= 15 is 0 Å². The van der Waals surface area contributed by atoms with Crippen LogP contribution in [0.1, 0.15) is 92.9 Å². The Morgan fingerprint density at radius 3 is 0.781 bits per heavy atom. The Morgan fingerprint density at radius 1 is 0.329 bits per heavy atom. The average Bonchev–Trinajstić information content (AvgIpc) is 3.84. The van der Waals surface area contributed by atoms with Gasteiger partial charge in [-0.15, -0.1) is 6.42 Å². The Hall–Kier alpha value is -5.74. The monoisotopic (exact) mass is 1060 g/mol. The van der Waals surface area contributed by atoms with E-state index in [0.717, 1.165) is 57.8 Å². The number of halogens is 3. The van der Waals surface area contributed by atoms with Crippen LogP contribution in [0.4, 0.5) is 0 Å². The molecule has 73 heavy (non-hydrogen) atoms. The quantitative estimate of drug-likeness (QED) is 0.0638. The molecule has 0 radical (unpaired) electrons. The standard InChI is InChI=1S/C68H61Si.3ClH.Ti/c1-2-22-64-35-21-36-68(64)69(65-46-58(37-52-23-9-3-10-24-52)43-59(47-65)38-53-25-11-4-12-26-53,66-48-60(39-54-27-13-5-14-28-54)44-61(49-66)40-55-29-15-6-16-30-55)67-50-62(41-56-31-17-7-18-32-56)45-63(51-67)42-57-33-19-8-20-34-57;;;;/h3-20,23-34,36,43-51H,2,21-22,37-42H2,1H3;3*1H;/q-1;;;;+4/p-3. The summed E-state index contributed by atoms with van der Waals surface area (Å²) in [6, 6.07) is 89.8. The van der Waals surface area contributed by atoms with Crippen LogP contribution in [0.15, 0.2) is 253 Å². The third kappa shape index (κ3) is 14.1. The molecular formula is C68H61Cl3SiTi. The van der Waals surface area contributed by atoms with Gasteiger partial charge in [0.2, 0.25) is 0 Å². The summed E-state index contributed by atoms with van der Waals surface area (Å²) in [6.07, 6.45) is 14.7. The van der Waals surface area contributed by atoms with Crippen molar-refractivity contribution in [1.82, 2.24) is 0 Å². The molecule has 0 saturated carbocycles. The van der Waals surface area contributed by atoms with Crippen molar-refractivity contribution in [2.45, 2.75) is 64.7 Å². The van der Waals surface area contributed by atoms with Gasteiger partial charge in [-0.25, -0.2) is 5.57 Å². The van der Waals surface area contributed by atoms with Crippen molar-refractivity contribution in [2.24, 2.45) is 0 Å². The summed E-state index contributed by atoms with van der Waals surface area (Å²) < 4.78 is 0. The number of benzene rings is 9. The van der Waals surface area contributed by atoms with Gasteiger partial charge in [0.1, 0.15) is 0 Å². The first-order chi connectivity index (χ1) is 34.1. The first kappa shape index (κ1) is 56.6. The van der Waals surface area contributed by atoms with Gasteiger partial charge >= 0.3 is 21.7 Å². The van der Waals surface area contributed by atoms with Crippen LogP contribution in [-0.2, 0) is 60.2 Å². The third-order valence-electron chi connectivity index (χ3n) is 13.8. The van der Waals surface area contributed by atoms with Crippen molar-refractivity contribution in [3.05, 3.63) is 326 Å². The molecule has 0 spiro atoms. The maximum Gasteiger partial charge on any atom is 4.00 e. The van der Waals surface area contributed by atoms with Crippen molar-refractivity contribution >= 4 is 23.6 Å². The molecule has 0 amide bonds. The van der Waals surface area contributed by atoms with Crippen LogP contribution in [-0.4, -0.2) is 8.07 Å². The van der Waals surface area contributed by atoms with Crippen molar-refractivity contribution < 1.29 is 58.9 Å². The van der Waals surface area contributed by atoms with Crippen molar-refractivity contribution in [3.63, 3.8) is 0 Å². The minimum Gasteiger partial charge on any atom is -1.00 e. The van der Waals surface area contributed by atoms with Gasteiger partial charge in [0.15, 0.2) is 0 Å². The maximum atomic E-state index is 4.01. The Bertz CT molecular complexity index is 2680. The van der Waals surface area contributed by atoms with E-state index in [2.05, 4.69) is 256 Å². The fraction of sp³-hybridized carbons (Fsp3) is 0.147. The summed E-state index contributed by atoms with van der Waals surface area (Å²) in [5.74, 6) is 0. The van der Waals surface area contributed by atoms with Gasteiger partial charge in [-0.05, 0) is 105 Å². The van der Waals surface area contributed by atoms with E-state index in [1.807, 2.05) is 0 Å². The summed E-state index contributed by atoms with van der Waals surface area (Å²) >= 11 is 0. The van der Waals surface area contributed by atoms with E-state index in [-0.39, 0.29) is 58.9 Å². The van der Waals surface area contributed by atoms with Crippen molar-refractivity contribution in [1.29, 1.82) is 0 Å². The van der Waals surface area contributed by atoms with Crippen LogP contribution in [0, 0.1) is 6.08 Å². The molecule has 0 unspecified atom stereocenters. The molecule has 5 heteroatoms. The molecular weight excluding hydrogens is 999 g/mol. The molecule has 362 valence electrons. The van der Waals surface area contributed by atoms with Crippen LogP contribution >= 0.6 is 0 Å². The predicted molar refractivity (Wildman–Crippen MR) is 294 cm³/mol. The molecule has 0 N–H and O–H groups in total. The predicted octanol–water partition coefficient (Wildman–Crippen LogP) is 5.11. The summed E-state index contributed by atoms with van der Waals surface area (Å²) in [6.45, 7) is 2.34. The Balaban J connectivity index is 0.00000217. The molecule has 0 saturated heterocycles. The molecule has 0 heterocycles. The van der Waals surface area contributed by atoms with Crippen LogP contribution in [0.5, 0.6) is 0 Å². The summed E-state index contributed by atoms with van der Waals surface area (Å²) in [7, 11) is -3.22. The van der Waals surface area contributed by atoms with E-state index in [4.69, 9.17) is 0 Å². The molecule has 0 aliphatic heterocycles. The van der Waals surface area contributed by atoms with E-state index < -0.39 is 8.07 Å². The number of allylic oxidation sites excluding steroid dienone is 4. The van der Waals surface area contributed by atoms with Gasteiger partial charge in [-0.2, -0.15) is 11.3 Å². The third-order valence-corrected chi connectivity index (χ3v) is 18.6. The fourth-order valence-corrected chi connectivity index (χ4v) is 16.3. The normalized spacial score (nSPS) is 11.7. The van der Waals surface area contributed by atoms with Gasteiger partial charge in [0, 0.05) is 0 Å². The van der Waals surface area contributed by atoms with Gasteiger partial charge in [0.25, 0.3) is 0 Å². The number of hydrogen-bond donors (Lipinski definition) is 0. The topological polar surface area (TPSA) is 0 Å². The fourth-order valence-electron chi connectivity index (χ4n) is 10.9. The zero-order chi connectivity index (χ0) is 46.7. The van der Waals surface area contributed by atoms with E-state index in [1.165, 1.54) is 93.1 Å². The molecule has 0 atom stereocenters. The molecule has 9 aromatic carbocycles. The minimum absolute atomic E-state index is 0. The molecule has 1 aliphatic rings. The van der Waals surface area contributed by atoms with Gasteiger partial charge in [-0.1, -0.05) is 272 Å². The number of rotatable bonds is 18. The maximum absolute atomic E-state index is 4.01. The zero-order valence-electron chi connectivity index (χ0n) is 41.6. The average molecular weight is 1060 g/mol. The summed E-state index contributed by atoms with van der Waals surface area (Å²) in [5.41, 5.74) is 17.6. The first-order valence-corrected chi connectivity index (χ1v) is 27.0. The Kier molecular flexibility index (Phi) is 21.3. The van der Waals surface area contributed by atoms with Gasteiger partial charge < -0.3 is 37.2 Å². The SMILES string of the molecule is CCCC1=[C-]CC=C1[Si](c1cc(Cc2ccccc2)cc(Cc2ccccc2)c1)(c1cc(Cc2ccccc2)cc(Cc2ccccc2)c1)c1cc(Cc2ccccc2)cc(Cc2ccccc2)c1.[Cl-].[Cl-].[Cl-].[Ti+4]. The summed E-state index contributed by atoms with van der Waals surface area (Å²) in [5, 5.41) is 5.87. The molecule has 10 rings (SSSR count). The largest absolute Gasteiger partial charge is 4.00 e. The smallest absolute Gasteiger partial charge is 1.00 e. The van der Waals surface area contributed by atoms with Gasteiger partial charge in [-0.3, -0.25) is 6.08 Å². The molecule has 9 aromatic rings. The summed E-state index contributed by atoms with van der Waals surface area (Å²) in [4.78, 5) is 0. The number of hydrogen-bond acceptors (Lipinski definition) is 0. The second-order valence-corrected chi connectivity index (χ2v) is 22.8. The van der Waals surface area contributed by atoms with Crippen molar-refractivity contribution in [3.8, 4) is 0 Å². The molecule has 1 aliphatic carbocycles. The molecule has 0 aromatic heterocycles. The van der Waals surface area contributed by atoms with Crippen LogP contribution in [0.25, 0.3) is 0 Å². The Morgan fingerprint density at radius 2 is 0.562 bits per heavy atom. The van der Waals surface area contributed by atoms with E-state index in [1.54, 1.807) is 0 Å². The minimum atomic E-state index is -3.22. The van der Waals surface area contributed by atoms with E-state index in [9.17, 15) is 0 Å². The van der Waals surface area contributed by atoms with Crippen LogP contribution in [0.3, 0.4) is 0 Å². The van der Waals surface area contributed by atoms with Gasteiger partial charge in [0.05, 0.1) is 8.07 Å². The van der Waals surface area contributed by atoms with E-state index in [0.29, 0.717) is 0 Å². The second kappa shape index (κ2) is 27.5. The first-order valence-electron chi connectivity index (χ1n) is 25.0. The second-order valence-electron chi connectivity index (χ2n) is 19.1. The van der Waals surface area contributed by atoms with Crippen molar-refractivity contribution in [2.75, 3.05) is 0 Å².